The van der Waals surface area contributed by atoms with Crippen LogP contribution in [-0.2, 0) is 41.6 Å². The Morgan fingerprint density at radius 1 is 0.506 bits per heavy atom. The molecule has 444 valence electrons. The third kappa shape index (κ3) is 16.7. The standard InChI is InChI=1S/C65H72F2N10O8/c1-40(68-3)62(82)74-54(64(84)76-30-8-10-56(76)46-34-48(38-70-36-46)60(80)44-18-22-50(66)23-19-44)32-42-14-26-52(27-15-42)72-58(78)12-6-5-7-13-59(79)73-53-28-16-43(17-29-53)33-55(75-63(83)41(2)69-4)65(85)77-31-9-11-57(77)47-35-49(39-71-37-47)61(81)45-20-24-51(67)25-21-45/h14-29,34-41,54-57,68-69H,5-13,30-33H2,1-4H3,(H,72,78)(H,73,79)(H,74,82)(H,75,83)/t40-,41-,54-,55-,56-,57-/m0/s1. The lowest BCUT2D eigenvalue weighted by Crippen LogP contribution is -2.53. The zero-order chi connectivity index (χ0) is 60.6. The Hall–Kier alpha value is -8.88. The number of ketones is 2. The van der Waals surface area contributed by atoms with Gasteiger partial charge in [0.05, 0.1) is 24.2 Å². The predicted octanol–water partition coefficient (Wildman–Crippen LogP) is 7.74. The largest absolute Gasteiger partial charge is 0.343 e. The first-order valence-corrected chi connectivity index (χ1v) is 28.8. The number of unbranched alkanes of at least 4 members (excludes halogenated alkanes) is 2. The monoisotopic (exact) mass is 1160 g/mol. The predicted molar refractivity (Wildman–Crippen MR) is 317 cm³/mol. The van der Waals surface area contributed by atoms with Crippen LogP contribution in [0.2, 0.25) is 0 Å². The molecule has 0 spiro atoms. The number of carbonyl (C=O) groups is 8. The average molecular weight is 1160 g/mol. The highest BCUT2D eigenvalue weighted by atomic mass is 19.1. The molecule has 0 bridgehead atoms. The van der Waals surface area contributed by atoms with Gasteiger partial charge in [-0.25, -0.2) is 8.78 Å². The minimum Gasteiger partial charge on any atom is -0.343 e. The maximum Gasteiger partial charge on any atom is 0.246 e. The van der Waals surface area contributed by atoms with Crippen LogP contribution in [0, 0.1) is 11.6 Å². The Morgan fingerprint density at radius 2 is 0.882 bits per heavy atom. The Labute approximate surface area is 493 Å². The van der Waals surface area contributed by atoms with Crippen LogP contribution < -0.4 is 31.9 Å². The first-order chi connectivity index (χ1) is 41.0. The van der Waals surface area contributed by atoms with E-state index < -0.39 is 47.9 Å². The van der Waals surface area contributed by atoms with E-state index in [1.165, 1.54) is 60.9 Å². The molecule has 6 amide bonds. The lowest BCUT2D eigenvalue weighted by Gasteiger charge is -2.30. The summed E-state index contributed by atoms with van der Waals surface area (Å²) in [6.07, 6.45) is 11.3. The molecule has 6 aromatic rings. The number of anilines is 2. The molecular weight excluding hydrogens is 1090 g/mol. The number of pyridine rings is 2. The van der Waals surface area contributed by atoms with Crippen molar-refractivity contribution in [3.63, 3.8) is 0 Å². The zero-order valence-electron chi connectivity index (χ0n) is 48.2. The Morgan fingerprint density at radius 3 is 1.25 bits per heavy atom. The van der Waals surface area contributed by atoms with Gasteiger partial charge in [0.25, 0.3) is 0 Å². The second-order valence-corrected chi connectivity index (χ2v) is 21.7. The maximum atomic E-state index is 14.4. The summed E-state index contributed by atoms with van der Waals surface area (Å²) in [5.74, 6) is -3.22. The summed E-state index contributed by atoms with van der Waals surface area (Å²) in [4.78, 5) is 120. The molecule has 85 heavy (non-hydrogen) atoms. The molecule has 0 aliphatic carbocycles. The summed E-state index contributed by atoms with van der Waals surface area (Å²) in [7, 11) is 3.31. The molecule has 2 aromatic heterocycles. The molecule has 2 fully saturated rings. The van der Waals surface area contributed by atoms with Crippen LogP contribution in [0.3, 0.4) is 0 Å². The molecule has 4 aromatic carbocycles. The van der Waals surface area contributed by atoms with E-state index in [0.29, 0.717) is 103 Å². The van der Waals surface area contributed by atoms with Crippen molar-refractivity contribution in [2.45, 2.75) is 121 Å². The smallest absolute Gasteiger partial charge is 0.246 e. The number of carbonyl (C=O) groups excluding carboxylic acids is 8. The van der Waals surface area contributed by atoms with Crippen molar-refractivity contribution in [1.82, 2.24) is 41.0 Å². The Kier molecular flexibility index (Phi) is 21.6. The fourth-order valence-corrected chi connectivity index (χ4v) is 10.6. The molecule has 0 unspecified atom stereocenters. The zero-order valence-corrected chi connectivity index (χ0v) is 48.2. The first-order valence-electron chi connectivity index (χ1n) is 28.8. The van der Waals surface area contributed by atoms with E-state index in [4.69, 9.17) is 0 Å². The molecule has 2 aliphatic heterocycles. The van der Waals surface area contributed by atoms with Gasteiger partial charge in [-0.1, -0.05) is 30.7 Å². The molecule has 6 N–H and O–H groups in total. The van der Waals surface area contributed by atoms with Crippen molar-refractivity contribution in [3.8, 4) is 0 Å². The number of nitrogens with zero attached hydrogens (tertiary/aromatic N) is 4. The van der Waals surface area contributed by atoms with Gasteiger partial charge in [0.2, 0.25) is 35.4 Å². The van der Waals surface area contributed by atoms with Crippen LogP contribution in [0.4, 0.5) is 20.2 Å². The number of benzene rings is 4. The highest BCUT2D eigenvalue weighted by Gasteiger charge is 2.38. The van der Waals surface area contributed by atoms with E-state index in [1.54, 1.807) is 111 Å². The summed E-state index contributed by atoms with van der Waals surface area (Å²) in [5, 5.41) is 17.5. The molecule has 8 rings (SSSR count). The number of nitrogens with one attached hydrogen (secondary N) is 6. The van der Waals surface area contributed by atoms with Crippen molar-refractivity contribution in [1.29, 1.82) is 0 Å². The van der Waals surface area contributed by atoms with Crippen LogP contribution in [0.1, 0.15) is 138 Å². The van der Waals surface area contributed by atoms with Crippen LogP contribution in [0.5, 0.6) is 0 Å². The number of hydrogen-bond acceptors (Lipinski definition) is 12. The number of aromatic nitrogens is 2. The van der Waals surface area contributed by atoms with Gasteiger partial charge in [-0.2, -0.15) is 0 Å². The summed E-state index contributed by atoms with van der Waals surface area (Å²) in [6.45, 7) is 4.27. The number of hydrogen-bond donors (Lipinski definition) is 6. The number of halogens is 2. The van der Waals surface area contributed by atoms with E-state index in [1.807, 2.05) is 0 Å². The van der Waals surface area contributed by atoms with Crippen LogP contribution in [0.25, 0.3) is 0 Å². The molecule has 18 nitrogen and oxygen atoms in total. The third-order valence-corrected chi connectivity index (χ3v) is 15.6. The molecule has 6 atom stereocenters. The summed E-state index contributed by atoms with van der Waals surface area (Å²) in [5.41, 5.74) is 5.21. The lowest BCUT2D eigenvalue weighted by atomic mass is 9.99. The van der Waals surface area contributed by atoms with Gasteiger partial charge < -0.3 is 41.7 Å². The SMILES string of the molecule is CN[C@@H](C)C(=O)N[C@@H](Cc1ccc(NC(=O)CCCCCC(=O)Nc2ccc(C[C@H](NC(=O)[C@H](C)NC)C(=O)N3CCC[C@H]3c3cncc(C(=O)c4ccc(F)cc4)c3)cc2)cc1)C(=O)N1CCC[C@H]1c1cncc(C(=O)c2ccc(F)cc2)c1. The van der Waals surface area contributed by atoms with Crippen molar-refractivity contribution in [2.24, 2.45) is 0 Å². The van der Waals surface area contributed by atoms with Crippen molar-refractivity contribution < 1.29 is 47.1 Å². The van der Waals surface area contributed by atoms with Crippen molar-refractivity contribution >= 4 is 58.4 Å². The molecule has 0 saturated carbocycles. The van der Waals surface area contributed by atoms with Crippen LogP contribution >= 0.6 is 0 Å². The van der Waals surface area contributed by atoms with Gasteiger partial charge >= 0.3 is 0 Å². The highest BCUT2D eigenvalue weighted by Crippen LogP contribution is 2.35. The van der Waals surface area contributed by atoms with Gasteiger partial charge in [-0.3, -0.25) is 48.3 Å². The fraction of sp³-hybridized carbons (Fsp3) is 0.354. The number of likely N-dealkylation sites (N-methyl/N-ethyl adjacent to an activating group) is 2. The normalized spacial score (nSPS) is 16.2. The Balaban J connectivity index is 0.794. The molecule has 2 aliphatic rings. The minimum atomic E-state index is -0.927. The van der Waals surface area contributed by atoms with Gasteiger partial charge in [-0.15, -0.1) is 0 Å². The van der Waals surface area contributed by atoms with Crippen LogP contribution in [0.15, 0.2) is 134 Å². The summed E-state index contributed by atoms with van der Waals surface area (Å²) >= 11 is 0. The van der Waals surface area contributed by atoms with E-state index in [0.717, 1.165) is 11.1 Å². The third-order valence-electron chi connectivity index (χ3n) is 15.6. The molecule has 4 heterocycles. The van der Waals surface area contributed by atoms with Gasteiger partial charge in [-0.05, 0) is 174 Å². The molecular formula is C65H72F2N10O8. The van der Waals surface area contributed by atoms with Crippen molar-refractivity contribution in [3.05, 3.63) is 190 Å². The molecule has 20 heteroatoms. The second-order valence-electron chi connectivity index (χ2n) is 21.7. The summed E-state index contributed by atoms with van der Waals surface area (Å²) < 4.78 is 27.1. The van der Waals surface area contributed by atoms with E-state index in [2.05, 4.69) is 41.9 Å². The van der Waals surface area contributed by atoms with Gasteiger partial charge in [0.15, 0.2) is 11.6 Å². The van der Waals surface area contributed by atoms with E-state index >= 15 is 0 Å². The lowest BCUT2D eigenvalue weighted by molar-refractivity contribution is -0.137. The average Bonchev–Trinajstić information content (AvgIpc) is 3.32. The maximum absolute atomic E-state index is 14.4. The van der Waals surface area contributed by atoms with Crippen molar-refractivity contribution in [2.75, 3.05) is 37.8 Å². The highest BCUT2D eigenvalue weighted by molar-refractivity contribution is 6.09. The molecule has 2 saturated heterocycles. The minimum absolute atomic E-state index is 0.171. The topological polar surface area (TPSA) is 241 Å². The number of likely N-dealkylation sites (tertiary alicyclic amines) is 2. The number of rotatable bonds is 26. The van der Waals surface area contributed by atoms with E-state index in [-0.39, 0.29) is 72.7 Å². The Bertz CT molecular complexity index is 3130. The second kappa shape index (κ2) is 29.6. The van der Waals surface area contributed by atoms with Gasteiger partial charge in [0.1, 0.15) is 23.7 Å². The van der Waals surface area contributed by atoms with Crippen LogP contribution in [-0.4, -0.2) is 118 Å². The number of amides is 6. The van der Waals surface area contributed by atoms with Gasteiger partial charge in [0, 0.05) is 97.2 Å². The molecule has 0 radical (unpaired) electrons. The van der Waals surface area contributed by atoms with E-state index in [9.17, 15) is 47.1 Å². The summed E-state index contributed by atoms with van der Waals surface area (Å²) in [6, 6.07) is 24.3. The quantitative estimate of drug-likeness (QED) is 0.0226. The fourth-order valence-electron chi connectivity index (χ4n) is 10.6. The first kappa shape index (κ1) is 62.2.